The predicted octanol–water partition coefficient (Wildman–Crippen LogP) is 2.17. The summed E-state index contributed by atoms with van der Waals surface area (Å²) in [5, 5.41) is 3.33. The van der Waals surface area contributed by atoms with Crippen LogP contribution >= 0.6 is 0 Å². The smallest absolute Gasteiger partial charge is 0.122 e. The molecule has 0 aromatic heterocycles. The van der Waals surface area contributed by atoms with Gasteiger partial charge in [-0.15, -0.1) is 0 Å². The second-order valence-corrected chi connectivity index (χ2v) is 5.66. The fourth-order valence-corrected chi connectivity index (χ4v) is 2.50. The van der Waals surface area contributed by atoms with Gasteiger partial charge >= 0.3 is 0 Å². The van der Waals surface area contributed by atoms with E-state index in [-0.39, 0.29) is 0 Å². The zero-order chi connectivity index (χ0) is 13.7. The average molecular weight is 262 g/mol. The molecule has 0 bridgehead atoms. The summed E-state index contributed by atoms with van der Waals surface area (Å²) in [6, 6.07) is 8.87. The average Bonchev–Trinajstić information content (AvgIpc) is 2.37. The molecule has 106 valence electrons. The largest absolute Gasteiger partial charge is 0.496 e. The molecule has 2 rings (SSSR count). The van der Waals surface area contributed by atoms with Crippen molar-refractivity contribution in [2.75, 3.05) is 33.8 Å². The molecule has 0 amide bonds. The van der Waals surface area contributed by atoms with E-state index in [1.807, 2.05) is 12.1 Å². The molecule has 3 heteroatoms. The number of hydrogen-bond donors (Lipinski definition) is 1. The number of benzene rings is 1. The molecule has 19 heavy (non-hydrogen) atoms. The van der Waals surface area contributed by atoms with Gasteiger partial charge in [0.15, 0.2) is 0 Å². The second kappa shape index (κ2) is 6.92. The number of methoxy groups -OCH3 is 1. The standard InChI is InChI=1S/C16H26N2O/c1-13(18(2)9-8-14-11-17-12-14)10-15-6-4-5-7-16(15)19-3/h4-7,13-14,17H,8-12H2,1-3H3. The Morgan fingerprint density at radius 1 is 1.37 bits per heavy atom. The molecule has 1 saturated heterocycles. The van der Waals surface area contributed by atoms with Gasteiger partial charge in [-0.25, -0.2) is 0 Å². The maximum absolute atomic E-state index is 5.42. The third-order valence-corrected chi connectivity index (χ3v) is 4.22. The van der Waals surface area contributed by atoms with Crippen LogP contribution < -0.4 is 10.1 Å². The van der Waals surface area contributed by atoms with E-state index in [0.717, 1.165) is 18.1 Å². The van der Waals surface area contributed by atoms with Crippen molar-refractivity contribution in [2.45, 2.75) is 25.8 Å². The van der Waals surface area contributed by atoms with Crippen molar-refractivity contribution < 1.29 is 4.74 Å². The molecule has 1 aliphatic rings. The molecule has 1 heterocycles. The van der Waals surface area contributed by atoms with Gasteiger partial charge in [0.2, 0.25) is 0 Å². The van der Waals surface area contributed by atoms with Gasteiger partial charge in [0.1, 0.15) is 5.75 Å². The van der Waals surface area contributed by atoms with E-state index in [1.165, 1.54) is 31.6 Å². The fraction of sp³-hybridized carbons (Fsp3) is 0.625. The molecule has 1 aliphatic heterocycles. The minimum Gasteiger partial charge on any atom is -0.496 e. The molecule has 0 radical (unpaired) electrons. The Labute approximate surface area is 116 Å². The Morgan fingerprint density at radius 2 is 2.11 bits per heavy atom. The van der Waals surface area contributed by atoms with Crippen LogP contribution in [0.5, 0.6) is 5.75 Å². The first-order valence-corrected chi connectivity index (χ1v) is 7.23. The second-order valence-electron chi connectivity index (χ2n) is 5.66. The Balaban J connectivity index is 1.82. The Bertz CT molecular complexity index is 390. The zero-order valence-corrected chi connectivity index (χ0v) is 12.4. The number of para-hydroxylation sites is 1. The number of rotatable bonds is 7. The summed E-state index contributed by atoms with van der Waals surface area (Å²) in [5.41, 5.74) is 1.30. The van der Waals surface area contributed by atoms with Gasteiger partial charge in [-0.2, -0.15) is 0 Å². The highest BCUT2D eigenvalue weighted by Crippen LogP contribution is 2.20. The van der Waals surface area contributed by atoms with E-state index in [9.17, 15) is 0 Å². The predicted molar refractivity (Wildman–Crippen MR) is 79.8 cm³/mol. The molecule has 1 N–H and O–H groups in total. The van der Waals surface area contributed by atoms with E-state index in [1.54, 1.807) is 7.11 Å². The van der Waals surface area contributed by atoms with Crippen molar-refractivity contribution >= 4 is 0 Å². The van der Waals surface area contributed by atoms with E-state index >= 15 is 0 Å². The van der Waals surface area contributed by atoms with Crippen LogP contribution in [0.1, 0.15) is 18.9 Å². The number of nitrogens with zero attached hydrogens (tertiary/aromatic N) is 1. The lowest BCUT2D eigenvalue weighted by atomic mass is 9.98. The van der Waals surface area contributed by atoms with E-state index < -0.39 is 0 Å². The van der Waals surface area contributed by atoms with Crippen molar-refractivity contribution in [3.05, 3.63) is 29.8 Å². The molecule has 1 aromatic carbocycles. The van der Waals surface area contributed by atoms with Crippen LogP contribution in [0, 0.1) is 5.92 Å². The molecular weight excluding hydrogens is 236 g/mol. The van der Waals surface area contributed by atoms with Gasteiger partial charge in [-0.3, -0.25) is 0 Å². The summed E-state index contributed by atoms with van der Waals surface area (Å²) in [6.07, 6.45) is 2.35. The summed E-state index contributed by atoms with van der Waals surface area (Å²) in [7, 11) is 3.98. The first-order chi connectivity index (χ1) is 9.20. The highest BCUT2D eigenvalue weighted by Gasteiger charge is 2.18. The Hall–Kier alpha value is -1.06. The SMILES string of the molecule is COc1ccccc1CC(C)N(C)CCC1CNC1. The third kappa shape index (κ3) is 3.95. The molecular formula is C16H26N2O. The van der Waals surface area contributed by atoms with Crippen LogP contribution in [0.2, 0.25) is 0 Å². The van der Waals surface area contributed by atoms with Gasteiger partial charge in [-0.05, 0) is 64.0 Å². The molecule has 3 nitrogen and oxygen atoms in total. The molecule has 0 saturated carbocycles. The van der Waals surface area contributed by atoms with Gasteiger partial charge in [0.25, 0.3) is 0 Å². The normalized spacial score (nSPS) is 17.3. The van der Waals surface area contributed by atoms with Crippen molar-refractivity contribution in [1.29, 1.82) is 0 Å². The minimum absolute atomic E-state index is 0.546. The minimum atomic E-state index is 0.546. The fourth-order valence-electron chi connectivity index (χ4n) is 2.50. The van der Waals surface area contributed by atoms with Crippen LogP contribution in [0.15, 0.2) is 24.3 Å². The van der Waals surface area contributed by atoms with Crippen LogP contribution in [0.25, 0.3) is 0 Å². The molecule has 0 aliphatic carbocycles. The Morgan fingerprint density at radius 3 is 2.74 bits per heavy atom. The molecule has 1 fully saturated rings. The lowest BCUT2D eigenvalue weighted by Crippen LogP contribution is -2.44. The van der Waals surface area contributed by atoms with Crippen LogP contribution in [-0.2, 0) is 6.42 Å². The molecule has 0 spiro atoms. The quantitative estimate of drug-likeness (QED) is 0.815. The number of likely N-dealkylation sites (N-methyl/N-ethyl adjacent to an activating group) is 1. The van der Waals surface area contributed by atoms with E-state index in [2.05, 4.69) is 36.3 Å². The highest BCUT2D eigenvalue weighted by atomic mass is 16.5. The van der Waals surface area contributed by atoms with Crippen molar-refractivity contribution in [1.82, 2.24) is 10.2 Å². The maximum atomic E-state index is 5.42. The monoisotopic (exact) mass is 262 g/mol. The van der Waals surface area contributed by atoms with Crippen LogP contribution in [-0.4, -0.2) is 44.7 Å². The number of hydrogen-bond acceptors (Lipinski definition) is 3. The Kier molecular flexibility index (Phi) is 5.23. The van der Waals surface area contributed by atoms with E-state index in [4.69, 9.17) is 4.74 Å². The van der Waals surface area contributed by atoms with Crippen molar-refractivity contribution in [2.24, 2.45) is 5.92 Å². The summed E-state index contributed by atoms with van der Waals surface area (Å²) >= 11 is 0. The van der Waals surface area contributed by atoms with Gasteiger partial charge in [0.05, 0.1) is 7.11 Å². The highest BCUT2D eigenvalue weighted by molar-refractivity contribution is 5.33. The van der Waals surface area contributed by atoms with Gasteiger partial charge in [0, 0.05) is 6.04 Å². The molecule has 1 unspecified atom stereocenters. The number of nitrogens with one attached hydrogen (secondary N) is 1. The summed E-state index contributed by atoms with van der Waals surface area (Å²) < 4.78 is 5.42. The van der Waals surface area contributed by atoms with E-state index in [0.29, 0.717) is 6.04 Å². The third-order valence-electron chi connectivity index (χ3n) is 4.22. The summed E-state index contributed by atoms with van der Waals surface area (Å²) in [5.74, 6) is 1.90. The van der Waals surface area contributed by atoms with Crippen molar-refractivity contribution in [3.63, 3.8) is 0 Å². The lowest BCUT2D eigenvalue weighted by Gasteiger charge is -2.31. The summed E-state index contributed by atoms with van der Waals surface area (Å²) in [6.45, 7) is 5.89. The molecule has 1 aromatic rings. The van der Waals surface area contributed by atoms with Crippen molar-refractivity contribution in [3.8, 4) is 5.75 Å². The lowest BCUT2D eigenvalue weighted by molar-refractivity contribution is 0.214. The summed E-state index contributed by atoms with van der Waals surface area (Å²) in [4.78, 5) is 2.46. The molecule has 1 atom stereocenters. The number of ether oxygens (including phenoxy) is 1. The van der Waals surface area contributed by atoms with Gasteiger partial charge in [-0.1, -0.05) is 18.2 Å². The van der Waals surface area contributed by atoms with Gasteiger partial charge < -0.3 is 15.0 Å². The van der Waals surface area contributed by atoms with Crippen LogP contribution in [0.4, 0.5) is 0 Å². The first-order valence-electron chi connectivity index (χ1n) is 7.23. The maximum Gasteiger partial charge on any atom is 0.122 e. The zero-order valence-electron chi connectivity index (χ0n) is 12.4. The van der Waals surface area contributed by atoms with Crippen LogP contribution in [0.3, 0.4) is 0 Å². The first kappa shape index (κ1) is 14.4. The topological polar surface area (TPSA) is 24.5 Å².